The second kappa shape index (κ2) is 7.04. The molecule has 2 aromatic carbocycles. The Morgan fingerprint density at radius 1 is 1.18 bits per heavy atom. The molecule has 0 aliphatic rings. The first kappa shape index (κ1) is 15.3. The van der Waals surface area contributed by atoms with E-state index >= 15 is 0 Å². The number of methoxy groups -OCH3 is 1. The molecule has 2 rings (SSSR count). The standard InChI is InChI=1S/C17H14N2O3/c1-22-17(21)14-7-2-3-8-15(14)19-16(20)13-6-4-5-12(11-13)9-10-18/h2-8,11H,9H2,1H3,(H,19,20). The van der Waals surface area contributed by atoms with Crippen LogP contribution in [0.25, 0.3) is 0 Å². The molecule has 0 saturated carbocycles. The number of esters is 1. The van der Waals surface area contributed by atoms with Gasteiger partial charge in [-0.3, -0.25) is 4.79 Å². The Labute approximate surface area is 128 Å². The zero-order valence-corrected chi connectivity index (χ0v) is 12.0. The topological polar surface area (TPSA) is 79.2 Å². The van der Waals surface area contributed by atoms with E-state index in [1.54, 1.807) is 48.5 Å². The molecule has 22 heavy (non-hydrogen) atoms. The van der Waals surface area contributed by atoms with Gasteiger partial charge in [0.1, 0.15) is 0 Å². The molecule has 110 valence electrons. The minimum absolute atomic E-state index is 0.236. The Bertz CT molecular complexity index is 748. The summed E-state index contributed by atoms with van der Waals surface area (Å²) in [5.41, 5.74) is 1.85. The Morgan fingerprint density at radius 3 is 2.68 bits per heavy atom. The first-order valence-corrected chi connectivity index (χ1v) is 6.60. The van der Waals surface area contributed by atoms with Crippen LogP contribution in [-0.2, 0) is 11.2 Å². The monoisotopic (exact) mass is 294 g/mol. The molecule has 0 saturated heterocycles. The van der Waals surface area contributed by atoms with Crippen LogP contribution in [-0.4, -0.2) is 19.0 Å². The van der Waals surface area contributed by atoms with Crippen LogP contribution in [0.2, 0.25) is 0 Å². The van der Waals surface area contributed by atoms with Crippen molar-refractivity contribution in [1.29, 1.82) is 5.26 Å². The molecule has 0 spiro atoms. The second-order valence-electron chi connectivity index (χ2n) is 4.53. The van der Waals surface area contributed by atoms with Gasteiger partial charge in [-0.2, -0.15) is 5.26 Å². The number of hydrogen-bond donors (Lipinski definition) is 1. The van der Waals surface area contributed by atoms with Crippen LogP contribution < -0.4 is 5.32 Å². The minimum atomic E-state index is -0.519. The van der Waals surface area contributed by atoms with Crippen LogP contribution in [0.1, 0.15) is 26.3 Å². The van der Waals surface area contributed by atoms with Crippen molar-refractivity contribution >= 4 is 17.6 Å². The third kappa shape index (κ3) is 3.49. The quantitative estimate of drug-likeness (QED) is 0.879. The average Bonchev–Trinajstić information content (AvgIpc) is 2.55. The van der Waals surface area contributed by atoms with E-state index in [4.69, 9.17) is 5.26 Å². The van der Waals surface area contributed by atoms with Crippen LogP contribution in [0.4, 0.5) is 5.69 Å². The molecule has 0 radical (unpaired) electrons. The maximum atomic E-state index is 12.3. The van der Waals surface area contributed by atoms with E-state index in [-0.39, 0.29) is 17.9 Å². The summed E-state index contributed by atoms with van der Waals surface area (Å²) in [6.07, 6.45) is 0.236. The Hall–Kier alpha value is -3.13. The predicted molar refractivity (Wildman–Crippen MR) is 81.5 cm³/mol. The van der Waals surface area contributed by atoms with Gasteiger partial charge < -0.3 is 10.1 Å². The van der Waals surface area contributed by atoms with Gasteiger partial charge in [0, 0.05) is 5.56 Å². The zero-order valence-electron chi connectivity index (χ0n) is 12.0. The van der Waals surface area contributed by atoms with Gasteiger partial charge in [0.2, 0.25) is 0 Å². The van der Waals surface area contributed by atoms with E-state index in [0.717, 1.165) is 5.56 Å². The third-order valence-electron chi connectivity index (χ3n) is 3.05. The molecule has 0 bridgehead atoms. The fourth-order valence-electron chi connectivity index (χ4n) is 1.99. The van der Waals surface area contributed by atoms with Crippen molar-refractivity contribution in [3.63, 3.8) is 0 Å². The normalized spacial score (nSPS) is 9.64. The second-order valence-corrected chi connectivity index (χ2v) is 4.53. The maximum Gasteiger partial charge on any atom is 0.339 e. The molecule has 2 aromatic rings. The molecule has 1 N–H and O–H groups in total. The van der Waals surface area contributed by atoms with Gasteiger partial charge in [-0.1, -0.05) is 24.3 Å². The number of nitrogens with zero attached hydrogens (tertiary/aromatic N) is 1. The van der Waals surface area contributed by atoms with Gasteiger partial charge in [-0.15, -0.1) is 0 Å². The van der Waals surface area contributed by atoms with Gasteiger partial charge in [-0.25, -0.2) is 4.79 Å². The average molecular weight is 294 g/mol. The number of carbonyl (C=O) groups excluding carboxylic acids is 2. The Morgan fingerprint density at radius 2 is 1.95 bits per heavy atom. The van der Waals surface area contributed by atoms with Crippen molar-refractivity contribution in [1.82, 2.24) is 0 Å². The number of para-hydroxylation sites is 1. The van der Waals surface area contributed by atoms with Gasteiger partial charge in [0.05, 0.1) is 30.9 Å². The summed E-state index contributed by atoms with van der Waals surface area (Å²) in [5, 5.41) is 11.4. The summed E-state index contributed by atoms with van der Waals surface area (Å²) in [5.74, 6) is -0.870. The molecule has 0 unspecified atom stereocenters. The molecule has 0 atom stereocenters. The van der Waals surface area contributed by atoms with Crippen LogP contribution in [0, 0.1) is 11.3 Å². The van der Waals surface area contributed by atoms with E-state index in [1.807, 2.05) is 6.07 Å². The van der Waals surface area contributed by atoms with E-state index in [2.05, 4.69) is 10.1 Å². The van der Waals surface area contributed by atoms with Crippen molar-refractivity contribution in [2.24, 2.45) is 0 Å². The van der Waals surface area contributed by atoms with Crippen molar-refractivity contribution in [3.05, 3.63) is 65.2 Å². The van der Waals surface area contributed by atoms with Gasteiger partial charge in [0.25, 0.3) is 5.91 Å². The number of nitriles is 1. The van der Waals surface area contributed by atoms with E-state index in [0.29, 0.717) is 11.3 Å². The lowest BCUT2D eigenvalue weighted by atomic mass is 10.1. The molecule has 5 nitrogen and oxygen atoms in total. The van der Waals surface area contributed by atoms with Crippen molar-refractivity contribution < 1.29 is 14.3 Å². The number of benzene rings is 2. The summed E-state index contributed by atoms with van der Waals surface area (Å²) in [6.45, 7) is 0. The summed E-state index contributed by atoms with van der Waals surface area (Å²) >= 11 is 0. The van der Waals surface area contributed by atoms with Crippen LogP contribution in [0.3, 0.4) is 0 Å². The number of anilines is 1. The smallest absolute Gasteiger partial charge is 0.339 e. The number of carbonyl (C=O) groups is 2. The summed E-state index contributed by atoms with van der Waals surface area (Å²) in [6, 6.07) is 15.4. The lowest BCUT2D eigenvalue weighted by Gasteiger charge is -2.10. The van der Waals surface area contributed by atoms with Crippen molar-refractivity contribution in [2.45, 2.75) is 6.42 Å². The van der Waals surface area contributed by atoms with Gasteiger partial charge >= 0.3 is 5.97 Å². The molecular formula is C17H14N2O3. The SMILES string of the molecule is COC(=O)c1ccccc1NC(=O)c1cccc(CC#N)c1. The summed E-state index contributed by atoms with van der Waals surface area (Å²) in [4.78, 5) is 24.0. The highest BCUT2D eigenvalue weighted by Gasteiger charge is 2.14. The fourth-order valence-corrected chi connectivity index (χ4v) is 1.99. The molecule has 0 heterocycles. The number of rotatable bonds is 4. The number of hydrogen-bond acceptors (Lipinski definition) is 4. The highest BCUT2D eigenvalue weighted by molar-refractivity contribution is 6.08. The molecule has 0 aliphatic carbocycles. The van der Waals surface area contributed by atoms with E-state index in [9.17, 15) is 9.59 Å². The van der Waals surface area contributed by atoms with Gasteiger partial charge in [0.15, 0.2) is 0 Å². The highest BCUT2D eigenvalue weighted by Crippen LogP contribution is 2.17. The molecule has 1 amide bonds. The molecule has 5 heteroatoms. The van der Waals surface area contributed by atoms with Crippen molar-refractivity contribution in [2.75, 3.05) is 12.4 Å². The minimum Gasteiger partial charge on any atom is -0.465 e. The number of amides is 1. The lowest BCUT2D eigenvalue weighted by molar-refractivity contribution is 0.0602. The Kier molecular flexibility index (Phi) is 4.89. The third-order valence-corrected chi connectivity index (χ3v) is 3.05. The maximum absolute atomic E-state index is 12.3. The molecular weight excluding hydrogens is 280 g/mol. The number of nitrogens with one attached hydrogen (secondary N) is 1. The van der Waals surface area contributed by atoms with Crippen LogP contribution in [0.5, 0.6) is 0 Å². The molecule has 0 aromatic heterocycles. The largest absolute Gasteiger partial charge is 0.465 e. The van der Waals surface area contributed by atoms with Crippen molar-refractivity contribution in [3.8, 4) is 6.07 Å². The van der Waals surface area contributed by atoms with E-state index < -0.39 is 5.97 Å². The first-order chi connectivity index (χ1) is 10.7. The zero-order chi connectivity index (χ0) is 15.9. The molecule has 0 aliphatic heterocycles. The first-order valence-electron chi connectivity index (χ1n) is 6.60. The highest BCUT2D eigenvalue weighted by atomic mass is 16.5. The van der Waals surface area contributed by atoms with Crippen LogP contribution >= 0.6 is 0 Å². The Balaban J connectivity index is 2.24. The van der Waals surface area contributed by atoms with Crippen LogP contribution in [0.15, 0.2) is 48.5 Å². The predicted octanol–water partition coefficient (Wildman–Crippen LogP) is 2.79. The summed E-state index contributed by atoms with van der Waals surface area (Å²) in [7, 11) is 1.28. The fraction of sp³-hybridized carbons (Fsp3) is 0.118. The van der Waals surface area contributed by atoms with E-state index in [1.165, 1.54) is 7.11 Å². The van der Waals surface area contributed by atoms with Gasteiger partial charge in [-0.05, 0) is 29.8 Å². The lowest BCUT2D eigenvalue weighted by Crippen LogP contribution is -2.15. The number of ether oxygens (including phenoxy) is 1. The molecule has 0 fully saturated rings. The summed E-state index contributed by atoms with van der Waals surface area (Å²) < 4.78 is 4.69.